The van der Waals surface area contributed by atoms with Gasteiger partial charge < -0.3 is 19.0 Å². The second kappa shape index (κ2) is 4.82. The summed E-state index contributed by atoms with van der Waals surface area (Å²) < 4.78 is 16.9. The molecule has 7 heteroatoms. The highest BCUT2D eigenvalue weighted by Gasteiger charge is 2.51. The summed E-state index contributed by atoms with van der Waals surface area (Å²) in [5, 5.41) is 0. The average Bonchev–Trinajstić information content (AvgIpc) is 2.99. The van der Waals surface area contributed by atoms with Gasteiger partial charge in [-0.1, -0.05) is 0 Å². The van der Waals surface area contributed by atoms with Crippen molar-refractivity contribution in [2.75, 3.05) is 7.11 Å². The van der Waals surface area contributed by atoms with Crippen LogP contribution in [-0.2, 0) is 14.0 Å². The molecule has 2 heterocycles. The number of nitrogens with zero attached hydrogens (tertiary/aromatic N) is 1. The van der Waals surface area contributed by atoms with Gasteiger partial charge in [0.25, 0.3) is 0 Å². The minimum Gasteiger partial charge on any atom is -0.465 e. The summed E-state index contributed by atoms with van der Waals surface area (Å²) in [6, 6.07) is 3.61. The molecule has 0 atom stereocenters. The number of methoxy groups -OCH3 is 1. The summed E-state index contributed by atoms with van der Waals surface area (Å²) >= 11 is 0. The quantitative estimate of drug-likeness (QED) is 0.674. The third-order valence-corrected chi connectivity index (χ3v) is 4.48. The van der Waals surface area contributed by atoms with Gasteiger partial charge in [0.2, 0.25) is 0 Å². The van der Waals surface area contributed by atoms with Crippen molar-refractivity contribution in [3.63, 3.8) is 0 Å². The number of fused-ring (bicyclic) bond motifs is 1. The zero-order valence-corrected chi connectivity index (χ0v) is 13.4. The van der Waals surface area contributed by atoms with Crippen LogP contribution < -0.4 is 5.46 Å². The molecule has 0 aliphatic carbocycles. The maximum atomic E-state index is 12.0. The molecule has 0 bridgehead atoms. The fraction of sp³-hybridized carbons (Fsp3) is 0.467. The zero-order chi connectivity index (χ0) is 16.1. The molecule has 1 aromatic carbocycles. The Hall–Kier alpha value is -1.86. The first-order valence-electron chi connectivity index (χ1n) is 7.16. The Labute approximate surface area is 129 Å². The van der Waals surface area contributed by atoms with Crippen LogP contribution in [0.3, 0.4) is 0 Å². The molecule has 0 spiro atoms. The van der Waals surface area contributed by atoms with Gasteiger partial charge in [0.15, 0.2) is 0 Å². The van der Waals surface area contributed by atoms with Gasteiger partial charge >= 0.3 is 13.1 Å². The highest BCUT2D eigenvalue weighted by atomic mass is 16.7. The standard InChI is InChI=1S/C15H19BN2O4/c1-14(2)15(3,4)22-16(21-14)9-6-10(13(19)20-5)12-11(7-9)17-8-18-12/h6-8H,1-5H3,(H,17,18). The normalized spacial score (nSPS) is 19.6. The first-order valence-corrected chi connectivity index (χ1v) is 7.16. The van der Waals surface area contributed by atoms with E-state index in [-0.39, 0.29) is 0 Å². The lowest BCUT2D eigenvalue weighted by Gasteiger charge is -2.32. The van der Waals surface area contributed by atoms with E-state index >= 15 is 0 Å². The Balaban J connectivity index is 2.07. The number of hydrogen-bond acceptors (Lipinski definition) is 5. The SMILES string of the molecule is COC(=O)c1cc(B2OC(C)(C)C(C)(C)O2)cc2[nH]cnc12. The fourth-order valence-corrected chi connectivity index (χ4v) is 2.45. The number of ether oxygens (including phenoxy) is 1. The number of esters is 1. The monoisotopic (exact) mass is 302 g/mol. The summed E-state index contributed by atoms with van der Waals surface area (Å²) in [5.74, 6) is -0.435. The third kappa shape index (κ3) is 2.21. The third-order valence-electron chi connectivity index (χ3n) is 4.48. The molecule has 1 fully saturated rings. The maximum absolute atomic E-state index is 12.0. The number of aromatic nitrogens is 2. The number of carbonyl (C=O) groups is 1. The molecule has 0 saturated carbocycles. The first-order chi connectivity index (χ1) is 10.2. The molecule has 3 rings (SSSR count). The van der Waals surface area contributed by atoms with Crippen LogP contribution in [0.5, 0.6) is 0 Å². The van der Waals surface area contributed by atoms with Crippen molar-refractivity contribution in [3.05, 3.63) is 24.0 Å². The summed E-state index contributed by atoms with van der Waals surface area (Å²) in [4.78, 5) is 19.2. The fourth-order valence-electron chi connectivity index (χ4n) is 2.45. The Morgan fingerprint density at radius 2 is 1.86 bits per heavy atom. The number of H-pyrrole nitrogens is 1. The van der Waals surface area contributed by atoms with E-state index in [0.29, 0.717) is 11.1 Å². The predicted molar refractivity (Wildman–Crippen MR) is 83.1 cm³/mol. The minimum absolute atomic E-state index is 0.394. The maximum Gasteiger partial charge on any atom is 0.494 e. The molecule has 1 N–H and O–H groups in total. The lowest BCUT2D eigenvalue weighted by molar-refractivity contribution is 0.00578. The van der Waals surface area contributed by atoms with Gasteiger partial charge in [0.1, 0.15) is 5.52 Å². The Morgan fingerprint density at radius 1 is 1.23 bits per heavy atom. The minimum atomic E-state index is -0.541. The number of hydrogen-bond donors (Lipinski definition) is 1. The number of carbonyl (C=O) groups excluding carboxylic acids is 1. The van der Waals surface area contributed by atoms with Crippen LogP contribution in [-0.4, -0.2) is 41.4 Å². The lowest BCUT2D eigenvalue weighted by Crippen LogP contribution is -2.41. The summed E-state index contributed by atoms with van der Waals surface area (Å²) in [6.07, 6.45) is 1.55. The highest BCUT2D eigenvalue weighted by Crippen LogP contribution is 2.36. The van der Waals surface area contributed by atoms with E-state index in [4.69, 9.17) is 14.0 Å². The van der Waals surface area contributed by atoms with Crippen LogP contribution in [0.2, 0.25) is 0 Å². The second-order valence-corrected chi connectivity index (χ2v) is 6.45. The summed E-state index contributed by atoms with van der Waals surface area (Å²) in [6.45, 7) is 7.96. The van der Waals surface area contributed by atoms with Crippen molar-refractivity contribution in [1.82, 2.24) is 9.97 Å². The zero-order valence-electron chi connectivity index (χ0n) is 13.4. The molecule has 0 amide bonds. The van der Waals surface area contributed by atoms with Gasteiger partial charge in [-0.3, -0.25) is 0 Å². The topological polar surface area (TPSA) is 73.4 Å². The van der Waals surface area contributed by atoms with Gasteiger partial charge in [-0.25, -0.2) is 9.78 Å². The smallest absolute Gasteiger partial charge is 0.465 e. The van der Waals surface area contributed by atoms with Gasteiger partial charge in [-0.15, -0.1) is 0 Å². The van der Waals surface area contributed by atoms with Gasteiger partial charge in [-0.05, 0) is 45.3 Å². The number of nitrogens with one attached hydrogen (secondary N) is 1. The average molecular weight is 302 g/mol. The summed E-state index contributed by atoms with van der Waals surface area (Å²) in [7, 11) is 0.809. The van der Waals surface area contributed by atoms with E-state index in [1.165, 1.54) is 7.11 Å². The molecular formula is C15H19BN2O4. The van der Waals surface area contributed by atoms with Gasteiger partial charge in [0, 0.05) is 0 Å². The van der Waals surface area contributed by atoms with Crippen molar-refractivity contribution < 1.29 is 18.8 Å². The van der Waals surface area contributed by atoms with Crippen molar-refractivity contribution >= 4 is 29.6 Å². The van der Waals surface area contributed by atoms with Crippen molar-refractivity contribution in [2.24, 2.45) is 0 Å². The predicted octanol–water partition coefficient (Wildman–Crippen LogP) is 1.65. The summed E-state index contributed by atoms with van der Waals surface area (Å²) in [5.41, 5.74) is 1.60. The Kier molecular flexibility index (Phi) is 3.30. The number of rotatable bonds is 2. The van der Waals surface area contributed by atoms with E-state index in [2.05, 4.69) is 9.97 Å². The van der Waals surface area contributed by atoms with Crippen LogP contribution >= 0.6 is 0 Å². The van der Waals surface area contributed by atoms with Crippen LogP contribution in [0.4, 0.5) is 0 Å². The largest absolute Gasteiger partial charge is 0.494 e. The Bertz CT molecular complexity index is 722. The van der Waals surface area contributed by atoms with E-state index < -0.39 is 24.3 Å². The van der Waals surface area contributed by atoms with Crippen molar-refractivity contribution in [2.45, 2.75) is 38.9 Å². The first kappa shape index (κ1) is 15.1. The molecule has 116 valence electrons. The van der Waals surface area contributed by atoms with E-state index in [0.717, 1.165) is 11.0 Å². The van der Waals surface area contributed by atoms with E-state index in [1.807, 2.05) is 33.8 Å². The van der Waals surface area contributed by atoms with Crippen molar-refractivity contribution in [1.29, 1.82) is 0 Å². The lowest BCUT2D eigenvalue weighted by atomic mass is 9.78. The molecule has 1 aliphatic heterocycles. The molecule has 2 aromatic rings. The number of imidazole rings is 1. The second-order valence-electron chi connectivity index (χ2n) is 6.45. The molecule has 6 nitrogen and oxygen atoms in total. The Morgan fingerprint density at radius 3 is 2.45 bits per heavy atom. The van der Waals surface area contributed by atoms with Crippen LogP contribution in [0.15, 0.2) is 18.5 Å². The van der Waals surface area contributed by atoms with Crippen LogP contribution in [0, 0.1) is 0 Å². The number of aromatic amines is 1. The van der Waals surface area contributed by atoms with E-state index in [1.54, 1.807) is 12.4 Å². The van der Waals surface area contributed by atoms with Crippen LogP contribution in [0.1, 0.15) is 38.1 Å². The molecule has 22 heavy (non-hydrogen) atoms. The van der Waals surface area contributed by atoms with E-state index in [9.17, 15) is 4.79 Å². The highest BCUT2D eigenvalue weighted by molar-refractivity contribution is 6.62. The molecule has 0 unspecified atom stereocenters. The molecular weight excluding hydrogens is 283 g/mol. The molecule has 1 saturated heterocycles. The van der Waals surface area contributed by atoms with Gasteiger partial charge in [0.05, 0.1) is 35.7 Å². The molecule has 0 radical (unpaired) electrons. The molecule has 1 aliphatic rings. The van der Waals surface area contributed by atoms with Crippen molar-refractivity contribution in [3.8, 4) is 0 Å². The van der Waals surface area contributed by atoms with Crippen LogP contribution in [0.25, 0.3) is 11.0 Å². The van der Waals surface area contributed by atoms with Gasteiger partial charge in [-0.2, -0.15) is 0 Å². The number of benzene rings is 1. The molecule has 1 aromatic heterocycles.